The Bertz CT molecular complexity index is 657. The summed E-state index contributed by atoms with van der Waals surface area (Å²) in [6, 6.07) is 8.98. The summed E-state index contributed by atoms with van der Waals surface area (Å²) in [5.41, 5.74) is 2.97. The lowest BCUT2D eigenvalue weighted by Crippen LogP contribution is -2.04. The normalized spacial score (nSPS) is 10.4. The van der Waals surface area contributed by atoms with Crippen LogP contribution in [0, 0.1) is 13.8 Å². The Morgan fingerprint density at radius 3 is 2.35 bits per heavy atom. The molecule has 0 spiro atoms. The maximum atomic E-state index is 12.6. The van der Waals surface area contributed by atoms with Crippen molar-refractivity contribution in [3.05, 3.63) is 62.1 Å². The van der Waals surface area contributed by atoms with Crippen LogP contribution in [0.3, 0.4) is 0 Å². The molecule has 0 amide bonds. The van der Waals surface area contributed by atoms with Crippen LogP contribution in [-0.4, -0.2) is 12.9 Å². The number of aryl methyl sites for hydroxylation is 2. The van der Waals surface area contributed by atoms with E-state index in [-0.39, 0.29) is 5.78 Å². The van der Waals surface area contributed by atoms with Gasteiger partial charge in [-0.15, -0.1) is 0 Å². The van der Waals surface area contributed by atoms with Gasteiger partial charge in [-0.3, -0.25) is 4.79 Å². The molecular formula is C16H14BrClO2. The average Bonchev–Trinajstić information content (AvgIpc) is 2.41. The minimum Gasteiger partial charge on any atom is -0.496 e. The topological polar surface area (TPSA) is 26.3 Å². The number of methoxy groups -OCH3 is 1. The van der Waals surface area contributed by atoms with Crippen molar-refractivity contribution in [1.29, 1.82) is 0 Å². The Kier molecular flexibility index (Phi) is 4.51. The fourth-order valence-electron chi connectivity index (χ4n) is 2.24. The van der Waals surface area contributed by atoms with Gasteiger partial charge in [0.05, 0.1) is 12.1 Å². The molecule has 0 bridgehead atoms. The maximum absolute atomic E-state index is 12.6. The summed E-state index contributed by atoms with van der Waals surface area (Å²) in [4.78, 5) is 12.6. The van der Waals surface area contributed by atoms with Crippen molar-refractivity contribution in [2.45, 2.75) is 13.8 Å². The van der Waals surface area contributed by atoms with Gasteiger partial charge >= 0.3 is 0 Å². The molecule has 0 saturated carbocycles. The first-order valence-electron chi connectivity index (χ1n) is 6.09. The summed E-state index contributed by atoms with van der Waals surface area (Å²) in [6.07, 6.45) is 0. The van der Waals surface area contributed by atoms with E-state index in [1.54, 1.807) is 19.2 Å². The van der Waals surface area contributed by atoms with Crippen molar-refractivity contribution in [2.24, 2.45) is 0 Å². The second-order valence-corrected chi connectivity index (χ2v) is 5.81. The molecule has 0 aromatic heterocycles. The fourth-order valence-corrected chi connectivity index (χ4v) is 2.82. The van der Waals surface area contributed by atoms with Crippen LogP contribution in [-0.2, 0) is 0 Å². The van der Waals surface area contributed by atoms with Gasteiger partial charge in [-0.1, -0.05) is 17.7 Å². The van der Waals surface area contributed by atoms with Crippen molar-refractivity contribution in [3.63, 3.8) is 0 Å². The van der Waals surface area contributed by atoms with Crippen LogP contribution in [0.5, 0.6) is 5.75 Å². The van der Waals surface area contributed by atoms with Crippen molar-refractivity contribution in [2.75, 3.05) is 7.11 Å². The number of ketones is 1. The second kappa shape index (κ2) is 5.98. The molecule has 0 aliphatic heterocycles. The minimum absolute atomic E-state index is 0.0925. The van der Waals surface area contributed by atoms with Gasteiger partial charge in [-0.05, 0) is 65.2 Å². The van der Waals surface area contributed by atoms with Gasteiger partial charge in [0, 0.05) is 15.6 Å². The lowest BCUT2D eigenvalue weighted by molar-refractivity contribution is 0.103. The first-order chi connectivity index (χ1) is 9.45. The van der Waals surface area contributed by atoms with E-state index in [1.807, 2.05) is 32.0 Å². The van der Waals surface area contributed by atoms with Gasteiger partial charge in [0.1, 0.15) is 5.75 Å². The largest absolute Gasteiger partial charge is 0.496 e. The van der Waals surface area contributed by atoms with Crippen LogP contribution in [0.1, 0.15) is 27.0 Å². The number of benzene rings is 2. The summed E-state index contributed by atoms with van der Waals surface area (Å²) in [6.45, 7) is 3.84. The molecule has 4 heteroatoms. The predicted octanol–water partition coefficient (Wildman–Crippen LogP) is 4.96. The Morgan fingerprint density at radius 2 is 1.80 bits per heavy atom. The minimum atomic E-state index is -0.0925. The van der Waals surface area contributed by atoms with E-state index in [1.165, 1.54) is 0 Å². The van der Waals surface area contributed by atoms with Crippen LogP contribution in [0.4, 0.5) is 0 Å². The quantitative estimate of drug-likeness (QED) is 0.729. The van der Waals surface area contributed by atoms with E-state index < -0.39 is 0 Å². The molecule has 0 atom stereocenters. The molecule has 20 heavy (non-hydrogen) atoms. The van der Waals surface area contributed by atoms with E-state index in [9.17, 15) is 4.79 Å². The van der Waals surface area contributed by atoms with Crippen LogP contribution in [0.2, 0.25) is 5.02 Å². The van der Waals surface area contributed by atoms with E-state index in [0.717, 1.165) is 16.9 Å². The molecule has 0 radical (unpaired) electrons. The zero-order valence-corrected chi connectivity index (χ0v) is 13.8. The summed E-state index contributed by atoms with van der Waals surface area (Å²) in [5.74, 6) is 0.715. The van der Waals surface area contributed by atoms with Crippen molar-refractivity contribution >= 4 is 33.3 Å². The molecular weight excluding hydrogens is 340 g/mol. The van der Waals surface area contributed by atoms with Gasteiger partial charge < -0.3 is 4.74 Å². The Hall–Kier alpha value is -1.32. The first-order valence-corrected chi connectivity index (χ1v) is 7.26. The van der Waals surface area contributed by atoms with Crippen molar-refractivity contribution in [1.82, 2.24) is 0 Å². The predicted molar refractivity (Wildman–Crippen MR) is 85.1 cm³/mol. The SMILES string of the molecule is COc1c(C)cc(C(=O)c2cccc(Br)c2Cl)cc1C. The van der Waals surface area contributed by atoms with Crippen molar-refractivity contribution in [3.8, 4) is 5.75 Å². The number of carbonyl (C=O) groups is 1. The van der Waals surface area contributed by atoms with Crippen LogP contribution in [0.15, 0.2) is 34.8 Å². The highest BCUT2D eigenvalue weighted by Gasteiger charge is 2.16. The number of halogens is 2. The molecule has 2 aromatic carbocycles. The lowest BCUT2D eigenvalue weighted by Gasteiger charge is -2.11. The molecule has 0 N–H and O–H groups in total. The third kappa shape index (κ3) is 2.74. The van der Waals surface area contributed by atoms with E-state index >= 15 is 0 Å². The van der Waals surface area contributed by atoms with Gasteiger partial charge in [0.25, 0.3) is 0 Å². The molecule has 0 heterocycles. The van der Waals surface area contributed by atoms with E-state index in [0.29, 0.717) is 20.6 Å². The van der Waals surface area contributed by atoms with Gasteiger partial charge in [-0.25, -0.2) is 0 Å². The average molecular weight is 354 g/mol. The van der Waals surface area contributed by atoms with Gasteiger partial charge in [0.2, 0.25) is 0 Å². The number of hydrogen-bond donors (Lipinski definition) is 0. The number of hydrogen-bond acceptors (Lipinski definition) is 2. The van der Waals surface area contributed by atoms with Crippen LogP contribution in [0.25, 0.3) is 0 Å². The summed E-state index contributed by atoms with van der Waals surface area (Å²) in [7, 11) is 1.63. The molecule has 2 aromatic rings. The molecule has 2 rings (SSSR count). The monoisotopic (exact) mass is 352 g/mol. The summed E-state index contributed by atoms with van der Waals surface area (Å²) >= 11 is 9.52. The van der Waals surface area contributed by atoms with Gasteiger partial charge in [0.15, 0.2) is 5.78 Å². The molecule has 0 saturated heterocycles. The zero-order chi connectivity index (χ0) is 14.9. The highest BCUT2D eigenvalue weighted by Crippen LogP contribution is 2.30. The molecule has 2 nitrogen and oxygen atoms in total. The van der Waals surface area contributed by atoms with Gasteiger partial charge in [-0.2, -0.15) is 0 Å². The Labute approximate surface area is 131 Å². The summed E-state index contributed by atoms with van der Waals surface area (Å²) < 4.78 is 6.03. The molecule has 0 unspecified atom stereocenters. The van der Waals surface area contributed by atoms with Crippen molar-refractivity contribution < 1.29 is 9.53 Å². The molecule has 0 aliphatic carbocycles. The number of carbonyl (C=O) groups excluding carboxylic acids is 1. The lowest BCUT2D eigenvalue weighted by atomic mass is 9.98. The molecule has 0 fully saturated rings. The van der Waals surface area contributed by atoms with E-state index in [2.05, 4.69) is 15.9 Å². The number of rotatable bonds is 3. The fraction of sp³-hybridized carbons (Fsp3) is 0.188. The number of ether oxygens (including phenoxy) is 1. The molecule has 104 valence electrons. The third-order valence-electron chi connectivity index (χ3n) is 3.12. The van der Waals surface area contributed by atoms with Crippen LogP contribution < -0.4 is 4.74 Å². The molecule has 0 aliphatic rings. The highest BCUT2D eigenvalue weighted by atomic mass is 79.9. The highest BCUT2D eigenvalue weighted by molar-refractivity contribution is 9.10. The Balaban J connectivity index is 2.52. The zero-order valence-electron chi connectivity index (χ0n) is 11.5. The van der Waals surface area contributed by atoms with Crippen LogP contribution >= 0.6 is 27.5 Å². The summed E-state index contributed by atoms with van der Waals surface area (Å²) in [5, 5.41) is 0.434. The maximum Gasteiger partial charge on any atom is 0.194 e. The standard InChI is InChI=1S/C16H14BrClO2/c1-9-7-11(8-10(2)16(9)20-3)15(19)12-5-4-6-13(17)14(12)18/h4-8H,1-3H3. The smallest absolute Gasteiger partial charge is 0.194 e. The third-order valence-corrected chi connectivity index (χ3v) is 4.42. The second-order valence-electron chi connectivity index (χ2n) is 4.57. The first kappa shape index (κ1) is 15.1. The van der Waals surface area contributed by atoms with E-state index in [4.69, 9.17) is 16.3 Å². The Morgan fingerprint density at radius 1 is 1.20 bits per heavy atom.